The van der Waals surface area contributed by atoms with Crippen LogP contribution >= 0.6 is 0 Å². The van der Waals surface area contributed by atoms with Crippen LogP contribution in [0.2, 0.25) is 0 Å². The summed E-state index contributed by atoms with van der Waals surface area (Å²) < 4.78 is 6.22. The standard InChI is InChI=1S/C23H31NO4/c1-13(2)19(25)24-21-22(3,4)16-11-17-18(28-9-8-23(17,21)12-16)14-6-5-7-15(10-14)20(26)27/h5-7,10,13,16-18,21H,8-9,11-12H2,1-4H3,(H,24,25)(H,26,27)/t16-,17-,18-,21+,23-/m1/s1. The van der Waals surface area contributed by atoms with Gasteiger partial charge in [-0.3, -0.25) is 4.79 Å². The zero-order valence-electron chi connectivity index (χ0n) is 17.2. The highest BCUT2D eigenvalue weighted by Gasteiger charge is 2.68. The number of hydrogen-bond acceptors (Lipinski definition) is 3. The van der Waals surface area contributed by atoms with Crippen LogP contribution < -0.4 is 5.32 Å². The minimum atomic E-state index is -0.913. The molecule has 5 atom stereocenters. The molecule has 1 heterocycles. The molecular formula is C23H31NO4. The third kappa shape index (κ3) is 2.78. The van der Waals surface area contributed by atoms with E-state index in [0.717, 1.165) is 24.8 Å². The largest absolute Gasteiger partial charge is 0.478 e. The van der Waals surface area contributed by atoms with Gasteiger partial charge in [0.1, 0.15) is 0 Å². The molecule has 1 aromatic rings. The van der Waals surface area contributed by atoms with E-state index < -0.39 is 5.97 Å². The van der Waals surface area contributed by atoms with Crippen LogP contribution in [-0.2, 0) is 9.53 Å². The molecule has 5 heteroatoms. The molecule has 3 aliphatic rings. The van der Waals surface area contributed by atoms with Crippen molar-refractivity contribution in [1.29, 1.82) is 0 Å². The van der Waals surface area contributed by atoms with E-state index in [-0.39, 0.29) is 34.8 Å². The van der Waals surface area contributed by atoms with Crippen molar-refractivity contribution in [2.75, 3.05) is 6.61 Å². The van der Waals surface area contributed by atoms with Crippen LogP contribution in [0.4, 0.5) is 0 Å². The van der Waals surface area contributed by atoms with Crippen molar-refractivity contribution < 1.29 is 19.4 Å². The molecule has 0 aromatic heterocycles. The van der Waals surface area contributed by atoms with Gasteiger partial charge in [-0.05, 0) is 59.6 Å². The number of amides is 1. The highest BCUT2D eigenvalue weighted by atomic mass is 16.5. The van der Waals surface area contributed by atoms with Gasteiger partial charge >= 0.3 is 5.97 Å². The number of ether oxygens (including phenoxy) is 1. The van der Waals surface area contributed by atoms with E-state index in [0.29, 0.717) is 24.0 Å². The van der Waals surface area contributed by atoms with Gasteiger partial charge in [0.2, 0.25) is 5.91 Å². The number of fused-ring (bicyclic) bond motifs is 1. The molecule has 1 aromatic carbocycles. The highest BCUT2D eigenvalue weighted by Crippen LogP contribution is 2.70. The molecule has 2 bridgehead atoms. The molecule has 2 aliphatic carbocycles. The normalized spacial score (nSPS) is 35.6. The zero-order valence-corrected chi connectivity index (χ0v) is 17.2. The van der Waals surface area contributed by atoms with Crippen molar-refractivity contribution in [2.24, 2.45) is 28.6 Å². The number of carboxylic acids is 1. The number of carbonyl (C=O) groups is 2. The first-order valence-electron chi connectivity index (χ1n) is 10.4. The number of carboxylic acid groups (broad SMARTS) is 1. The molecule has 1 aliphatic heterocycles. The second kappa shape index (κ2) is 6.58. The number of aromatic carboxylic acids is 1. The zero-order chi connectivity index (χ0) is 20.3. The predicted octanol–water partition coefficient (Wildman–Crippen LogP) is 4.04. The Hall–Kier alpha value is -1.88. The molecule has 28 heavy (non-hydrogen) atoms. The molecule has 1 saturated heterocycles. The smallest absolute Gasteiger partial charge is 0.335 e. The van der Waals surface area contributed by atoms with Crippen LogP contribution in [-0.4, -0.2) is 29.6 Å². The molecule has 1 spiro atoms. The van der Waals surface area contributed by atoms with E-state index in [1.54, 1.807) is 18.2 Å². The summed E-state index contributed by atoms with van der Waals surface area (Å²) in [5.74, 6) is 0.0217. The highest BCUT2D eigenvalue weighted by molar-refractivity contribution is 5.87. The molecule has 1 amide bonds. The molecule has 2 saturated carbocycles. The minimum Gasteiger partial charge on any atom is -0.478 e. The summed E-state index contributed by atoms with van der Waals surface area (Å²) in [5, 5.41) is 12.8. The van der Waals surface area contributed by atoms with Crippen LogP contribution in [0.5, 0.6) is 0 Å². The van der Waals surface area contributed by atoms with Gasteiger partial charge in [-0.25, -0.2) is 4.79 Å². The fraction of sp³-hybridized carbons (Fsp3) is 0.652. The van der Waals surface area contributed by atoms with Crippen LogP contribution in [0.15, 0.2) is 24.3 Å². The second-order valence-corrected chi connectivity index (χ2v) is 9.87. The Balaban J connectivity index is 1.69. The topological polar surface area (TPSA) is 75.6 Å². The van der Waals surface area contributed by atoms with Crippen molar-refractivity contribution in [2.45, 2.75) is 59.1 Å². The molecule has 5 nitrogen and oxygen atoms in total. The van der Waals surface area contributed by atoms with Gasteiger partial charge in [0, 0.05) is 18.6 Å². The molecule has 152 valence electrons. The van der Waals surface area contributed by atoms with Crippen LogP contribution in [0.25, 0.3) is 0 Å². The Morgan fingerprint density at radius 1 is 1.29 bits per heavy atom. The van der Waals surface area contributed by atoms with Crippen LogP contribution in [0.3, 0.4) is 0 Å². The lowest BCUT2D eigenvalue weighted by atomic mass is 9.58. The maximum absolute atomic E-state index is 12.6. The van der Waals surface area contributed by atoms with Gasteiger partial charge in [-0.15, -0.1) is 0 Å². The average molecular weight is 386 g/mol. The van der Waals surface area contributed by atoms with Crippen molar-refractivity contribution in [3.05, 3.63) is 35.4 Å². The SMILES string of the molecule is CC(C)C(=O)N[C@H]1C(C)(C)[C@@H]2C[C@@H]3[C@@H](c4cccc(C(=O)O)c4)OCC[C@@]31C2. The summed E-state index contributed by atoms with van der Waals surface area (Å²) >= 11 is 0. The number of benzene rings is 1. The second-order valence-electron chi connectivity index (χ2n) is 9.87. The van der Waals surface area contributed by atoms with Crippen molar-refractivity contribution in [1.82, 2.24) is 5.32 Å². The van der Waals surface area contributed by atoms with E-state index in [2.05, 4.69) is 19.2 Å². The summed E-state index contributed by atoms with van der Waals surface area (Å²) in [5.41, 5.74) is 1.34. The Morgan fingerprint density at radius 3 is 2.71 bits per heavy atom. The van der Waals surface area contributed by atoms with Gasteiger partial charge < -0.3 is 15.2 Å². The quantitative estimate of drug-likeness (QED) is 0.820. The van der Waals surface area contributed by atoms with E-state index in [9.17, 15) is 14.7 Å². The fourth-order valence-corrected chi connectivity index (χ4v) is 6.27. The van der Waals surface area contributed by atoms with E-state index >= 15 is 0 Å². The Labute approximate surface area is 166 Å². The monoisotopic (exact) mass is 385 g/mol. The summed E-state index contributed by atoms with van der Waals surface area (Å²) in [4.78, 5) is 24.0. The summed E-state index contributed by atoms with van der Waals surface area (Å²) in [6.45, 7) is 9.12. The summed E-state index contributed by atoms with van der Waals surface area (Å²) in [7, 11) is 0. The van der Waals surface area contributed by atoms with E-state index in [1.165, 1.54) is 0 Å². The van der Waals surface area contributed by atoms with Crippen molar-refractivity contribution >= 4 is 11.9 Å². The Bertz CT molecular complexity index is 802. The van der Waals surface area contributed by atoms with Gasteiger partial charge in [0.25, 0.3) is 0 Å². The third-order valence-corrected chi connectivity index (χ3v) is 7.78. The van der Waals surface area contributed by atoms with Gasteiger partial charge in [0.15, 0.2) is 0 Å². The number of carbonyl (C=O) groups excluding carboxylic acids is 1. The van der Waals surface area contributed by atoms with Gasteiger partial charge in [-0.1, -0.05) is 39.8 Å². The minimum absolute atomic E-state index is 0.0286. The molecule has 0 unspecified atom stereocenters. The van der Waals surface area contributed by atoms with Gasteiger partial charge in [-0.2, -0.15) is 0 Å². The summed E-state index contributed by atoms with van der Waals surface area (Å²) in [6.07, 6.45) is 3.04. The number of rotatable bonds is 4. The molecule has 0 radical (unpaired) electrons. The van der Waals surface area contributed by atoms with Gasteiger partial charge in [0.05, 0.1) is 11.7 Å². The summed E-state index contributed by atoms with van der Waals surface area (Å²) in [6, 6.07) is 7.30. The molecule has 4 rings (SSSR count). The lowest BCUT2D eigenvalue weighted by Crippen LogP contribution is -2.59. The number of hydrogen-bond donors (Lipinski definition) is 2. The predicted molar refractivity (Wildman–Crippen MR) is 106 cm³/mol. The number of nitrogens with one attached hydrogen (secondary N) is 1. The van der Waals surface area contributed by atoms with Crippen molar-refractivity contribution in [3.63, 3.8) is 0 Å². The first kappa shape index (κ1) is 19.4. The fourth-order valence-electron chi connectivity index (χ4n) is 6.27. The molecule has 2 N–H and O–H groups in total. The van der Waals surface area contributed by atoms with Crippen molar-refractivity contribution in [3.8, 4) is 0 Å². The first-order valence-corrected chi connectivity index (χ1v) is 10.4. The Kier molecular flexibility index (Phi) is 4.57. The lowest BCUT2D eigenvalue weighted by molar-refractivity contribution is -0.139. The first-order chi connectivity index (χ1) is 13.2. The molecule has 3 fully saturated rings. The van der Waals surface area contributed by atoms with E-state index in [1.807, 2.05) is 19.9 Å². The van der Waals surface area contributed by atoms with E-state index in [4.69, 9.17) is 4.74 Å². The third-order valence-electron chi connectivity index (χ3n) is 7.78. The van der Waals surface area contributed by atoms with Crippen LogP contribution in [0, 0.1) is 28.6 Å². The lowest BCUT2D eigenvalue weighted by Gasteiger charge is -2.53. The van der Waals surface area contributed by atoms with Crippen LogP contribution in [0.1, 0.15) is 69.0 Å². The molecular weight excluding hydrogens is 354 g/mol. The maximum Gasteiger partial charge on any atom is 0.335 e. The average Bonchev–Trinajstić information content (AvgIpc) is 3.14. The Morgan fingerprint density at radius 2 is 2.04 bits per heavy atom. The maximum atomic E-state index is 12.6.